The molecule has 0 aliphatic carbocycles. The van der Waals surface area contributed by atoms with Crippen LogP contribution in [0.1, 0.15) is 22.5 Å². The second kappa shape index (κ2) is 4.44. The summed E-state index contributed by atoms with van der Waals surface area (Å²) in [7, 11) is 0. The maximum Gasteiger partial charge on any atom is 0.322 e. The summed E-state index contributed by atoms with van der Waals surface area (Å²) in [5.41, 5.74) is -0.735. The number of H-pyrrole nitrogens is 1. The summed E-state index contributed by atoms with van der Waals surface area (Å²) in [5.74, 6) is -0.873. The van der Waals surface area contributed by atoms with E-state index in [1.54, 1.807) is 6.92 Å². The molecule has 4 amide bonds. The van der Waals surface area contributed by atoms with Gasteiger partial charge in [-0.2, -0.15) is 0 Å². The van der Waals surface area contributed by atoms with E-state index in [0.717, 1.165) is 0 Å². The van der Waals surface area contributed by atoms with Gasteiger partial charge in [-0.15, -0.1) is 0 Å². The van der Waals surface area contributed by atoms with Gasteiger partial charge < -0.3 is 15.2 Å². The van der Waals surface area contributed by atoms with Crippen LogP contribution in [0, 0.1) is 6.92 Å². The minimum absolute atomic E-state index is 0.0300. The molecule has 1 aromatic rings. The van der Waals surface area contributed by atoms with E-state index in [2.05, 4.69) is 15.6 Å². The summed E-state index contributed by atoms with van der Waals surface area (Å²) in [4.78, 5) is 51.5. The molecule has 0 bridgehead atoms. The standard InChI is InChI=1S/C13H14N4O4/c1-7-4-9(18)8(5-14-7)10(19)17-3-2-13(6-17)11(20)15-12(21)16-13/h4-5H,2-3,6H2,1H3,(H,14,18)(H2,15,16,20,21). The molecule has 8 nitrogen and oxygen atoms in total. The van der Waals surface area contributed by atoms with Gasteiger partial charge >= 0.3 is 6.03 Å². The Hall–Kier alpha value is -2.64. The minimum Gasteiger partial charge on any atom is -0.364 e. The lowest BCUT2D eigenvalue weighted by Crippen LogP contribution is -2.49. The number of hydrogen-bond donors (Lipinski definition) is 3. The number of nitrogens with one attached hydrogen (secondary N) is 3. The highest BCUT2D eigenvalue weighted by Crippen LogP contribution is 2.25. The lowest BCUT2D eigenvalue weighted by Gasteiger charge is -2.20. The number of carbonyl (C=O) groups is 3. The molecular weight excluding hydrogens is 276 g/mol. The van der Waals surface area contributed by atoms with Crippen molar-refractivity contribution in [3.63, 3.8) is 0 Å². The predicted molar refractivity (Wildman–Crippen MR) is 71.7 cm³/mol. The molecule has 3 rings (SSSR count). The molecule has 1 unspecified atom stereocenters. The van der Waals surface area contributed by atoms with E-state index in [-0.39, 0.29) is 17.5 Å². The van der Waals surface area contributed by atoms with E-state index in [1.807, 2.05) is 0 Å². The van der Waals surface area contributed by atoms with Gasteiger partial charge in [0.1, 0.15) is 11.1 Å². The minimum atomic E-state index is -1.07. The Morgan fingerprint density at radius 2 is 2.10 bits per heavy atom. The third kappa shape index (κ3) is 2.08. The van der Waals surface area contributed by atoms with Crippen LogP contribution < -0.4 is 16.1 Å². The molecule has 2 aliphatic heterocycles. The van der Waals surface area contributed by atoms with Crippen LogP contribution in [0.5, 0.6) is 0 Å². The van der Waals surface area contributed by atoms with Crippen molar-refractivity contribution in [2.45, 2.75) is 18.9 Å². The van der Waals surface area contributed by atoms with Crippen LogP contribution in [0.15, 0.2) is 17.1 Å². The molecule has 2 aliphatic rings. The molecule has 21 heavy (non-hydrogen) atoms. The quantitative estimate of drug-likeness (QED) is 0.582. The normalized spacial score (nSPS) is 24.3. The second-order valence-corrected chi connectivity index (χ2v) is 5.36. The van der Waals surface area contributed by atoms with E-state index >= 15 is 0 Å². The van der Waals surface area contributed by atoms with Gasteiger partial charge in [0.15, 0.2) is 5.43 Å². The number of urea groups is 1. The topological polar surface area (TPSA) is 111 Å². The summed E-state index contributed by atoms with van der Waals surface area (Å²) in [6, 6.07) is 0.797. The molecule has 2 fully saturated rings. The molecule has 110 valence electrons. The van der Waals surface area contributed by atoms with Gasteiger partial charge in [-0.25, -0.2) is 4.79 Å². The Bertz CT molecular complexity index is 710. The maximum absolute atomic E-state index is 12.4. The largest absolute Gasteiger partial charge is 0.364 e. The number of aryl methyl sites for hydroxylation is 1. The van der Waals surface area contributed by atoms with E-state index < -0.39 is 23.4 Å². The average molecular weight is 290 g/mol. The van der Waals surface area contributed by atoms with Crippen molar-refractivity contribution in [2.24, 2.45) is 0 Å². The zero-order valence-corrected chi connectivity index (χ0v) is 11.4. The molecular formula is C13H14N4O4. The third-order valence-electron chi connectivity index (χ3n) is 3.86. The molecule has 0 saturated carbocycles. The first kappa shape index (κ1) is 13.3. The number of carbonyl (C=O) groups excluding carboxylic acids is 3. The zero-order chi connectivity index (χ0) is 15.2. The fourth-order valence-electron chi connectivity index (χ4n) is 2.71. The van der Waals surface area contributed by atoms with Crippen LogP contribution in [0.25, 0.3) is 0 Å². The van der Waals surface area contributed by atoms with Crippen molar-refractivity contribution in [2.75, 3.05) is 13.1 Å². The highest BCUT2D eigenvalue weighted by molar-refractivity contribution is 6.08. The molecule has 0 aromatic carbocycles. The second-order valence-electron chi connectivity index (χ2n) is 5.36. The van der Waals surface area contributed by atoms with Crippen molar-refractivity contribution in [3.8, 4) is 0 Å². The summed E-state index contributed by atoms with van der Waals surface area (Å²) in [6.45, 7) is 2.09. The first-order valence-corrected chi connectivity index (χ1v) is 6.53. The summed E-state index contributed by atoms with van der Waals surface area (Å²) < 4.78 is 0. The number of pyridine rings is 1. The zero-order valence-electron chi connectivity index (χ0n) is 11.4. The smallest absolute Gasteiger partial charge is 0.322 e. The molecule has 2 saturated heterocycles. The molecule has 3 heterocycles. The summed E-state index contributed by atoms with van der Waals surface area (Å²) >= 11 is 0. The number of amides is 4. The predicted octanol–water partition coefficient (Wildman–Crippen LogP) is -0.893. The molecule has 0 radical (unpaired) electrons. The van der Waals surface area contributed by atoms with E-state index in [9.17, 15) is 19.2 Å². The van der Waals surface area contributed by atoms with Crippen LogP contribution in [-0.2, 0) is 4.79 Å². The van der Waals surface area contributed by atoms with Gasteiger partial charge in [-0.3, -0.25) is 19.7 Å². The Balaban J connectivity index is 1.83. The fourth-order valence-corrected chi connectivity index (χ4v) is 2.71. The number of aromatic nitrogens is 1. The first-order chi connectivity index (χ1) is 9.91. The van der Waals surface area contributed by atoms with Gasteiger partial charge in [-0.1, -0.05) is 0 Å². The van der Waals surface area contributed by atoms with Crippen LogP contribution in [0.4, 0.5) is 4.79 Å². The van der Waals surface area contributed by atoms with Crippen molar-refractivity contribution in [1.82, 2.24) is 20.5 Å². The first-order valence-electron chi connectivity index (χ1n) is 6.53. The van der Waals surface area contributed by atoms with Crippen molar-refractivity contribution >= 4 is 17.8 Å². The van der Waals surface area contributed by atoms with Crippen molar-refractivity contribution < 1.29 is 14.4 Å². The SMILES string of the molecule is Cc1cc(=O)c(C(=O)N2CCC3(C2)NC(=O)NC3=O)c[nH]1. The van der Waals surface area contributed by atoms with Crippen LogP contribution in [-0.4, -0.2) is 46.4 Å². The Kier molecular flexibility index (Phi) is 2.82. The number of nitrogens with zero attached hydrogens (tertiary/aromatic N) is 1. The van der Waals surface area contributed by atoms with Gasteiger partial charge in [0.2, 0.25) is 0 Å². The molecule has 1 spiro atoms. The number of likely N-dealkylation sites (tertiary alicyclic amines) is 1. The number of imide groups is 1. The average Bonchev–Trinajstić information content (AvgIpc) is 2.94. The molecule has 1 aromatic heterocycles. The monoisotopic (exact) mass is 290 g/mol. The lowest BCUT2D eigenvalue weighted by molar-refractivity contribution is -0.123. The molecule has 8 heteroatoms. The van der Waals surface area contributed by atoms with Crippen LogP contribution >= 0.6 is 0 Å². The van der Waals surface area contributed by atoms with Crippen LogP contribution in [0.3, 0.4) is 0 Å². The Morgan fingerprint density at radius 3 is 2.71 bits per heavy atom. The number of hydrogen-bond acceptors (Lipinski definition) is 4. The molecule has 1 atom stereocenters. The van der Waals surface area contributed by atoms with Gasteiger partial charge in [0.05, 0.1) is 6.54 Å². The Labute approximate surface area is 119 Å². The fraction of sp³-hybridized carbons (Fsp3) is 0.385. The lowest BCUT2D eigenvalue weighted by atomic mass is 9.99. The van der Waals surface area contributed by atoms with Gasteiger partial charge in [0.25, 0.3) is 11.8 Å². The highest BCUT2D eigenvalue weighted by atomic mass is 16.2. The van der Waals surface area contributed by atoms with E-state index in [4.69, 9.17) is 0 Å². The number of aromatic amines is 1. The Morgan fingerprint density at radius 1 is 1.33 bits per heavy atom. The highest BCUT2D eigenvalue weighted by Gasteiger charge is 2.51. The van der Waals surface area contributed by atoms with E-state index in [0.29, 0.717) is 18.7 Å². The van der Waals surface area contributed by atoms with Crippen molar-refractivity contribution in [3.05, 3.63) is 33.7 Å². The summed E-state index contributed by atoms with van der Waals surface area (Å²) in [5, 5.41) is 4.73. The maximum atomic E-state index is 12.4. The van der Waals surface area contributed by atoms with Gasteiger partial charge in [0, 0.05) is 24.5 Å². The third-order valence-corrected chi connectivity index (χ3v) is 3.86. The summed E-state index contributed by atoms with van der Waals surface area (Å²) in [6.07, 6.45) is 1.71. The van der Waals surface area contributed by atoms with Crippen molar-refractivity contribution in [1.29, 1.82) is 0 Å². The van der Waals surface area contributed by atoms with Crippen LogP contribution in [0.2, 0.25) is 0 Å². The molecule has 3 N–H and O–H groups in total. The van der Waals surface area contributed by atoms with Gasteiger partial charge in [-0.05, 0) is 13.3 Å². The van der Waals surface area contributed by atoms with E-state index in [1.165, 1.54) is 17.2 Å². The number of rotatable bonds is 1.